The smallest absolute Gasteiger partial charge is 0.147 e. The molecule has 0 N–H and O–H groups in total. The van der Waals surface area contributed by atoms with Gasteiger partial charge in [0.05, 0.1) is 0 Å². The fourth-order valence-corrected chi connectivity index (χ4v) is 14.6. The SMILES string of the molecule is CC1=CC[C]([Ti]([CH3])([CH3])(=[SiH2])[c]2cccc3c2Cc2ccccc2-3)=C1C.Cl.Cl. The van der Waals surface area contributed by atoms with Gasteiger partial charge in [-0.1, -0.05) is 0 Å². The second-order valence-corrected chi connectivity index (χ2v) is 27.5. The van der Waals surface area contributed by atoms with Gasteiger partial charge < -0.3 is 0 Å². The average Bonchev–Trinajstić information content (AvgIpc) is 3.08. The molecule has 2 aliphatic carbocycles. The van der Waals surface area contributed by atoms with Gasteiger partial charge in [0.1, 0.15) is 0 Å². The maximum atomic E-state index is 2.62. The predicted octanol–water partition coefficient (Wildman–Crippen LogP) is 5.68. The van der Waals surface area contributed by atoms with Crippen molar-refractivity contribution in [3.63, 3.8) is 0 Å². The summed E-state index contributed by atoms with van der Waals surface area (Å²) in [6, 6.07) is 16.0. The van der Waals surface area contributed by atoms with Gasteiger partial charge in [0.2, 0.25) is 0 Å². The van der Waals surface area contributed by atoms with Crippen LogP contribution in [0.15, 0.2) is 63.6 Å². The van der Waals surface area contributed by atoms with Crippen molar-refractivity contribution in [2.24, 2.45) is 0 Å². The monoisotopic (exact) mass is 438 g/mol. The molecule has 2 aromatic carbocycles. The zero-order valence-corrected chi connectivity index (χ0v) is 20.7. The van der Waals surface area contributed by atoms with Gasteiger partial charge in [-0.3, -0.25) is 0 Å². The Balaban J connectivity index is 0.00000121. The summed E-state index contributed by atoms with van der Waals surface area (Å²) in [4.78, 5) is 0. The topological polar surface area (TPSA) is 0 Å². The molecule has 0 heterocycles. The van der Waals surface area contributed by atoms with Gasteiger partial charge in [0.25, 0.3) is 0 Å². The van der Waals surface area contributed by atoms with E-state index >= 15 is 0 Å². The first kappa shape index (κ1) is 21.7. The zero-order chi connectivity index (χ0) is 17.1. The molecule has 0 aliphatic heterocycles. The van der Waals surface area contributed by atoms with Crippen LogP contribution in [0.5, 0.6) is 0 Å². The molecule has 2 aromatic rings. The molecule has 0 saturated heterocycles. The van der Waals surface area contributed by atoms with E-state index in [9.17, 15) is 0 Å². The van der Waals surface area contributed by atoms with Crippen LogP contribution in [-0.2, 0) is 20.5 Å². The van der Waals surface area contributed by atoms with Gasteiger partial charge in [0.15, 0.2) is 0 Å². The summed E-state index contributed by atoms with van der Waals surface area (Å²) >= 11 is -2.90. The number of hydrogen-bond acceptors (Lipinski definition) is 0. The Hall–Kier alpha value is -0.569. The summed E-state index contributed by atoms with van der Waals surface area (Å²) in [5.41, 5.74) is 9.10. The first-order chi connectivity index (χ1) is 11.3. The van der Waals surface area contributed by atoms with Crippen molar-refractivity contribution in [3.8, 4) is 11.1 Å². The standard InChI is InChI=1S/C13H9.C7H9.2CH3.2ClH.H2Si.Ti/c1-3-7-12-10(5-1)9-11-6-2-4-8-13(11)12;1-6-4-3-5-7(6)2;;;;;;/h1-5,7-8H,9H2;4H,3H2,1-2H3;2*1H3;2*1H;1H2;. The van der Waals surface area contributed by atoms with Crippen LogP contribution < -0.4 is 3.87 Å². The van der Waals surface area contributed by atoms with E-state index in [1.807, 2.05) is 0 Å². The zero-order valence-electron chi connectivity index (χ0n) is 16.1. The van der Waals surface area contributed by atoms with Crippen LogP contribution in [0.3, 0.4) is 0 Å². The molecule has 0 fully saturated rings. The van der Waals surface area contributed by atoms with Crippen LogP contribution in [0, 0.1) is 0 Å². The normalized spacial score (nSPS) is 15.7. The molecule has 0 nitrogen and oxygen atoms in total. The molecule has 26 heavy (non-hydrogen) atoms. The minimum atomic E-state index is -2.90. The minimum absolute atomic E-state index is 0. The van der Waals surface area contributed by atoms with Crippen molar-refractivity contribution < 1.29 is 14.0 Å². The van der Waals surface area contributed by atoms with Crippen molar-refractivity contribution in [1.29, 1.82) is 0 Å². The predicted molar refractivity (Wildman–Crippen MR) is 120 cm³/mol. The maximum absolute atomic E-state index is 2.90. The summed E-state index contributed by atoms with van der Waals surface area (Å²) in [5, 5.41) is 5.25. The number of halogens is 2. The van der Waals surface area contributed by atoms with Gasteiger partial charge in [-0.05, 0) is 0 Å². The molecule has 0 amide bonds. The van der Waals surface area contributed by atoms with E-state index in [0.29, 0.717) is 0 Å². The van der Waals surface area contributed by atoms with Crippen molar-refractivity contribution >= 4 is 36.3 Å². The third-order valence-corrected chi connectivity index (χ3v) is 17.0. The first-order valence-corrected chi connectivity index (χ1v) is 17.6. The van der Waals surface area contributed by atoms with E-state index in [2.05, 4.69) is 80.5 Å². The number of hydrogen-bond donors (Lipinski definition) is 0. The van der Waals surface area contributed by atoms with Crippen molar-refractivity contribution in [1.82, 2.24) is 0 Å². The molecule has 0 aromatic heterocycles. The van der Waals surface area contributed by atoms with Gasteiger partial charge in [-0.25, -0.2) is 0 Å². The van der Waals surface area contributed by atoms with Gasteiger partial charge in [-0.15, -0.1) is 24.8 Å². The molecule has 4 rings (SSSR count). The minimum Gasteiger partial charge on any atom is -0.147 e. The fourth-order valence-electron chi connectivity index (χ4n) is 4.80. The largest absolute Gasteiger partial charge is 0.147 e. The Morgan fingerprint density at radius 3 is 2.19 bits per heavy atom. The van der Waals surface area contributed by atoms with Gasteiger partial charge in [0, 0.05) is 0 Å². The van der Waals surface area contributed by atoms with Crippen molar-refractivity contribution in [3.05, 3.63) is 74.7 Å². The molecule has 0 saturated carbocycles. The third-order valence-electron chi connectivity index (χ3n) is 6.34. The summed E-state index contributed by atoms with van der Waals surface area (Å²) in [6.07, 6.45) is 4.72. The molecule has 4 heteroatoms. The second kappa shape index (κ2) is 7.11. The van der Waals surface area contributed by atoms with Crippen LogP contribution in [0.4, 0.5) is 0 Å². The molecule has 0 bridgehead atoms. The Kier molecular flexibility index (Phi) is 5.94. The Morgan fingerprint density at radius 2 is 1.54 bits per heavy atom. The molecule has 2 aliphatic rings. The van der Waals surface area contributed by atoms with E-state index < -0.39 is 14.0 Å². The fraction of sp³-hybridized carbons (Fsp3) is 0.273. The number of allylic oxidation sites excluding steroid dienone is 4. The quantitative estimate of drug-likeness (QED) is 0.451. The Labute approximate surface area is 172 Å². The van der Waals surface area contributed by atoms with Gasteiger partial charge in [-0.2, -0.15) is 0 Å². The van der Waals surface area contributed by atoms with Crippen LogP contribution in [0.25, 0.3) is 11.1 Å². The van der Waals surface area contributed by atoms with Crippen LogP contribution in [0.2, 0.25) is 10.5 Å². The second-order valence-electron chi connectivity index (χ2n) is 8.55. The molecule has 0 radical (unpaired) electrons. The maximum Gasteiger partial charge on any atom is -0.147 e. The molecule has 0 atom stereocenters. The number of fused-ring (bicyclic) bond motifs is 3. The van der Waals surface area contributed by atoms with Crippen LogP contribution >= 0.6 is 24.8 Å². The van der Waals surface area contributed by atoms with E-state index in [1.165, 1.54) is 28.7 Å². The summed E-state index contributed by atoms with van der Waals surface area (Å²) in [7, 11) is 2.35. The number of rotatable bonds is 2. The van der Waals surface area contributed by atoms with Crippen molar-refractivity contribution in [2.45, 2.75) is 37.1 Å². The van der Waals surface area contributed by atoms with E-state index in [4.69, 9.17) is 0 Å². The summed E-state index contributed by atoms with van der Waals surface area (Å²) in [5.74, 6) is 0. The third kappa shape index (κ3) is 3.12. The first-order valence-electron chi connectivity index (χ1n) is 8.93. The molecule has 0 spiro atoms. The molecular weight excluding hydrogens is 411 g/mol. The Morgan fingerprint density at radius 1 is 0.885 bits per heavy atom. The van der Waals surface area contributed by atoms with E-state index in [-0.39, 0.29) is 24.8 Å². The average molecular weight is 439 g/mol. The van der Waals surface area contributed by atoms with Gasteiger partial charge >= 0.3 is 149 Å². The summed E-state index contributed by atoms with van der Waals surface area (Å²) in [6.45, 7) is 4.62. The Bertz CT molecular complexity index is 1010. The van der Waals surface area contributed by atoms with Crippen LogP contribution in [0.1, 0.15) is 31.4 Å². The van der Waals surface area contributed by atoms with Crippen molar-refractivity contribution in [2.75, 3.05) is 0 Å². The molecule has 0 unspecified atom stereocenters. The number of benzene rings is 2. The van der Waals surface area contributed by atoms with E-state index in [1.54, 1.807) is 18.9 Å². The molecular formula is C22H28Cl2SiTi. The van der Waals surface area contributed by atoms with Crippen LogP contribution in [-0.4, -0.2) is 7.63 Å². The summed E-state index contributed by atoms with van der Waals surface area (Å²) < 4.78 is 3.46. The molecule has 138 valence electrons. The van der Waals surface area contributed by atoms with E-state index in [0.717, 1.165) is 6.42 Å².